The number of carbonyl (C=O) groups excluding carboxylic acids is 4. The zero-order valence-electron chi connectivity index (χ0n) is 30.2. The van der Waals surface area contributed by atoms with E-state index < -0.39 is 23.7 Å². The fourth-order valence-corrected chi connectivity index (χ4v) is 4.62. The van der Waals surface area contributed by atoms with Gasteiger partial charge in [0, 0.05) is 82.4 Å². The van der Waals surface area contributed by atoms with Crippen molar-refractivity contribution >= 4 is 40.8 Å². The van der Waals surface area contributed by atoms with E-state index in [4.69, 9.17) is 9.47 Å². The van der Waals surface area contributed by atoms with Crippen LogP contribution in [0.3, 0.4) is 0 Å². The summed E-state index contributed by atoms with van der Waals surface area (Å²) < 4.78 is 51.2. The summed E-state index contributed by atoms with van der Waals surface area (Å²) in [5, 5.41) is 12.7. The number of halogens is 3. The Morgan fingerprint density at radius 3 is 1.55 bits per heavy atom. The Bertz CT molecular complexity index is 2130. The second kappa shape index (κ2) is 18.5. The van der Waals surface area contributed by atoms with Crippen LogP contribution in [0.2, 0.25) is 0 Å². The second-order valence-corrected chi connectivity index (χ2v) is 11.2. The van der Waals surface area contributed by atoms with Crippen molar-refractivity contribution in [3.8, 4) is 23.0 Å². The van der Waals surface area contributed by atoms with Gasteiger partial charge < -0.3 is 36.1 Å². The number of urea groups is 1. The molecule has 2 heterocycles. The Morgan fingerprint density at radius 1 is 0.600 bits per heavy atom. The summed E-state index contributed by atoms with van der Waals surface area (Å²) in [5.74, 6) is 0.729. The lowest BCUT2D eigenvalue weighted by atomic mass is 10.1. The first-order valence-corrected chi connectivity index (χ1v) is 16.3. The van der Waals surface area contributed by atoms with E-state index in [1.54, 1.807) is 55.7 Å². The molecule has 3 aromatic carbocycles. The molecule has 14 nitrogen and oxygen atoms in total. The average Bonchev–Trinajstić information content (AvgIpc) is 3.20. The number of nitrogens with zero attached hydrogens (tertiary/aromatic N) is 3. The van der Waals surface area contributed by atoms with Crippen molar-refractivity contribution in [3.63, 3.8) is 0 Å². The van der Waals surface area contributed by atoms with Crippen LogP contribution in [0.5, 0.6) is 23.0 Å². The summed E-state index contributed by atoms with van der Waals surface area (Å²) in [5.41, 5.74) is 0.419. The Kier molecular flexibility index (Phi) is 13.7. The molecule has 5 aromatic rings. The molecular formula is C38H37F3N8O6. The summed E-state index contributed by atoms with van der Waals surface area (Å²) in [7, 11) is 7.62. The molecule has 2 aromatic heterocycles. The fraction of sp³-hybridized carbons (Fsp3) is 0.158. The number of alkyl halides is 3. The lowest BCUT2D eigenvalue weighted by molar-refractivity contribution is -0.137. The van der Waals surface area contributed by atoms with Gasteiger partial charge in [-0.15, -0.1) is 0 Å². The van der Waals surface area contributed by atoms with Crippen LogP contribution < -0.4 is 41.0 Å². The molecule has 0 fully saturated rings. The number of amides is 5. The lowest BCUT2D eigenvalue weighted by Crippen LogP contribution is -2.31. The number of hydrogen-bond acceptors (Lipinski definition) is 9. The van der Waals surface area contributed by atoms with Crippen LogP contribution in [-0.4, -0.2) is 69.0 Å². The third-order valence-electron chi connectivity index (χ3n) is 7.53. The van der Waals surface area contributed by atoms with Gasteiger partial charge in [0.2, 0.25) is 0 Å². The summed E-state index contributed by atoms with van der Waals surface area (Å²) in [4.78, 5) is 56.9. The van der Waals surface area contributed by atoms with E-state index in [1.165, 1.54) is 38.3 Å². The highest BCUT2D eigenvalue weighted by molar-refractivity contribution is 6.03. The van der Waals surface area contributed by atoms with Crippen molar-refractivity contribution in [1.29, 1.82) is 0 Å². The molecule has 17 heteroatoms. The van der Waals surface area contributed by atoms with Crippen LogP contribution >= 0.6 is 0 Å². The number of nitrogens with one attached hydrogen (secondary N) is 5. The number of carbonyl (C=O) groups is 4. The first-order valence-electron chi connectivity index (χ1n) is 16.3. The molecule has 5 amide bonds. The predicted octanol–water partition coefficient (Wildman–Crippen LogP) is 6.56. The second-order valence-electron chi connectivity index (χ2n) is 11.2. The van der Waals surface area contributed by atoms with Crippen molar-refractivity contribution in [3.05, 3.63) is 126 Å². The normalized spacial score (nSPS) is 10.5. The molecule has 0 bridgehead atoms. The first kappa shape index (κ1) is 40.6. The van der Waals surface area contributed by atoms with Gasteiger partial charge >= 0.3 is 12.2 Å². The van der Waals surface area contributed by atoms with Gasteiger partial charge in [-0.2, -0.15) is 13.2 Å². The summed E-state index contributed by atoms with van der Waals surface area (Å²) in [6.07, 6.45) is -1.74. The zero-order valence-corrected chi connectivity index (χ0v) is 30.2. The minimum Gasteiger partial charge on any atom is -0.457 e. The van der Waals surface area contributed by atoms with Gasteiger partial charge in [0.1, 0.15) is 34.4 Å². The molecule has 0 aliphatic rings. The van der Waals surface area contributed by atoms with Crippen molar-refractivity contribution < 1.29 is 41.8 Å². The molecule has 0 saturated carbocycles. The standard InChI is InChI=1S/C24H22F3N5O4.C14H15N3O2/c1-28-21(33)14-10-15(24(25,26)27)12-16(11-14)31-23(35)32(3)17-4-6-18(7-5-17)36-19-8-9-30-20(13-19)22(34)29-2;1-15-10-3-5-11(6-4-10)19-12-7-8-17-13(9-12)14(18)16-2/h4-13H,1-3H3,(H,28,33)(H,29,34)(H,31,35);3-9,15H,1-2H3,(H,16,18). The van der Waals surface area contributed by atoms with Crippen molar-refractivity contribution in [2.75, 3.05) is 50.8 Å². The van der Waals surface area contributed by atoms with Crippen molar-refractivity contribution in [1.82, 2.24) is 25.9 Å². The average molecular weight is 759 g/mol. The van der Waals surface area contributed by atoms with E-state index in [1.807, 2.05) is 31.3 Å². The van der Waals surface area contributed by atoms with E-state index in [0.29, 0.717) is 40.4 Å². The van der Waals surface area contributed by atoms with Crippen LogP contribution in [0.1, 0.15) is 36.9 Å². The van der Waals surface area contributed by atoms with Gasteiger partial charge in [-0.3, -0.25) is 29.3 Å². The third kappa shape index (κ3) is 11.4. The molecule has 0 aliphatic carbocycles. The molecule has 0 aliphatic heterocycles. The Morgan fingerprint density at radius 2 is 1.09 bits per heavy atom. The van der Waals surface area contributed by atoms with Gasteiger partial charge in [0.25, 0.3) is 17.7 Å². The van der Waals surface area contributed by atoms with Crippen LogP contribution in [0.15, 0.2) is 103 Å². The first-order chi connectivity index (χ1) is 26.2. The number of benzene rings is 3. The van der Waals surface area contributed by atoms with Gasteiger partial charge in [-0.25, -0.2) is 4.79 Å². The largest absolute Gasteiger partial charge is 0.457 e. The minimum absolute atomic E-state index is 0.178. The molecule has 0 atom stereocenters. The van der Waals surface area contributed by atoms with Crippen LogP contribution in [0.25, 0.3) is 0 Å². The molecule has 5 rings (SSSR count). The summed E-state index contributed by atoms with van der Waals surface area (Å²) in [6.45, 7) is 0. The number of hydrogen-bond donors (Lipinski definition) is 5. The van der Waals surface area contributed by atoms with Gasteiger partial charge in [-0.1, -0.05) is 0 Å². The quantitative estimate of drug-likeness (QED) is 0.106. The molecule has 0 radical (unpaired) electrons. The highest BCUT2D eigenvalue weighted by Crippen LogP contribution is 2.32. The van der Waals surface area contributed by atoms with Crippen LogP contribution in [-0.2, 0) is 6.18 Å². The topological polar surface area (TPSA) is 176 Å². The van der Waals surface area contributed by atoms with E-state index in [0.717, 1.165) is 17.8 Å². The lowest BCUT2D eigenvalue weighted by Gasteiger charge is -2.19. The molecular weight excluding hydrogens is 721 g/mol. The molecule has 0 unspecified atom stereocenters. The number of aromatic nitrogens is 2. The number of pyridine rings is 2. The fourth-order valence-electron chi connectivity index (χ4n) is 4.62. The highest BCUT2D eigenvalue weighted by atomic mass is 19.4. The van der Waals surface area contributed by atoms with Gasteiger partial charge in [0.15, 0.2) is 0 Å². The number of rotatable bonds is 10. The van der Waals surface area contributed by atoms with Crippen LogP contribution in [0, 0.1) is 0 Å². The predicted molar refractivity (Wildman–Crippen MR) is 200 cm³/mol. The minimum atomic E-state index is -4.71. The molecule has 286 valence electrons. The number of ether oxygens (including phenoxy) is 2. The monoisotopic (exact) mass is 758 g/mol. The van der Waals surface area contributed by atoms with E-state index in [2.05, 4.69) is 36.6 Å². The number of anilines is 3. The Balaban J connectivity index is 0.000000296. The Hall–Kier alpha value is -7.17. The summed E-state index contributed by atoms with van der Waals surface area (Å²) in [6, 6.07) is 22.0. The molecule has 0 saturated heterocycles. The maximum absolute atomic E-state index is 13.3. The van der Waals surface area contributed by atoms with E-state index in [-0.39, 0.29) is 28.8 Å². The van der Waals surface area contributed by atoms with Gasteiger partial charge in [0.05, 0.1) is 5.56 Å². The molecule has 55 heavy (non-hydrogen) atoms. The smallest absolute Gasteiger partial charge is 0.416 e. The SMILES string of the molecule is CNC(=O)c1cc(NC(=O)N(C)c2ccc(Oc3ccnc(C(=O)NC)c3)cc2)cc(C(F)(F)F)c1.CNC(=O)c1cc(Oc2ccc(NC)cc2)ccn1. The highest BCUT2D eigenvalue weighted by Gasteiger charge is 2.32. The molecule has 5 N–H and O–H groups in total. The molecule has 0 spiro atoms. The van der Waals surface area contributed by atoms with Gasteiger partial charge in [-0.05, 0) is 78.9 Å². The summed E-state index contributed by atoms with van der Waals surface area (Å²) >= 11 is 0. The van der Waals surface area contributed by atoms with E-state index >= 15 is 0 Å². The van der Waals surface area contributed by atoms with Crippen molar-refractivity contribution in [2.45, 2.75) is 6.18 Å². The maximum atomic E-state index is 13.3. The third-order valence-corrected chi connectivity index (χ3v) is 7.53. The van der Waals surface area contributed by atoms with E-state index in [9.17, 15) is 32.3 Å². The Labute approximate surface area is 314 Å². The van der Waals surface area contributed by atoms with Crippen LogP contribution in [0.4, 0.5) is 35.0 Å². The maximum Gasteiger partial charge on any atom is 0.416 e. The van der Waals surface area contributed by atoms with Crippen molar-refractivity contribution in [2.24, 2.45) is 0 Å². The zero-order chi connectivity index (χ0) is 40.1.